The summed E-state index contributed by atoms with van der Waals surface area (Å²) in [6.07, 6.45) is 3.17. The van der Waals surface area contributed by atoms with Gasteiger partial charge >= 0.3 is 0 Å². The first kappa shape index (κ1) is 15.3. The lowest BCUT2D eigenvalue weighted by Gasteiger charge is -2.12. The van der Waals surface area contributed by atoms with Crippen LogP contribution >= 0.6 is 23.2 Å². The van der Waals surface area contributed by atoms with Crippen LogP contribution in [-0.4, -0.2) is 11.9 Å². The van der Waals surface area contributed by atoms with Crippen LogP contribution in [0.4, 0.5) is 0 Å². The molecule has 1 amide bonds. The molecule has 0 aliphatic heterocycles. The zero-order valence-corrected chi connectivity index (χ0v) is 12.3. The lowest BCUT2D eigenvalue weighted by Crippen LogP contribution is -2.32. The molecule has 0 bridgehead atoms. The zero-order chi connectivity index (χ0) is 13.5. The van der Waals surface area contributed by atoms with E-state index in [4.69, 9.17) is 23.2 Å². The molecule has 0 fully saturated rings. The summed E-state index contributed by atoms with van der Waals surface area (Å²) in [7, 11) is 0. The van der Waals surface area contributed by atoms with Gasteiger partial charge in [0, 0.05) is 22.5 Å². The van der Waals surface area contributed by atoms with Crippen molar-refractivity contribution >= 4 is 29.1 Å². The van der Waals surface area contributed by atoms with Crippen LogP contribution in [0.15, 0.2) is 18.2 Å². The Morgan fingerprint density at radius 3 is 2.72 bits per heavy atom. The molecule has 0 aliphatic rings. The van der Waals surface area contributed by atoms with Crippen LogP contribution in [-0.2, 0) is 11.2 Å². The van der Waals surface area contributed by atoms with Gasteiger partial charge in [-0.05, 0) is 37.5 Å². The molecule has 0 spiro atoms. The third-order valence-corrected chi connectivity index (χ3v) is 3.35. The van der Waals surface area contributed by atoms with Gasteiger partial charge in [-0.3, -0.25) is 4.79 Å². The van der Waals surface area contributed by atoms with Crippen LogP contribution in [0.1, 0.15) is 38.7 Å². The first-order chi connectivity index (χ1) is 8.52. The number of carbonyl (C=O) groups excluding carboxylic acids is 1. The van der Waals surface area contributed by atoms with Gasteiger partial charge in [0.2, 0.25) is 5.91 Å². The molecule has 1 rings (SSSR count). The maximum atomic E-state index is 11.7. The van der Waals surface area contributed by atoms with Crippen LogP contribution in [0.2, 0.25) is 10.0 Å². The summed E-state index contributed by atoms with van der Waals surface area (Å²) in [6.45, 7) is 4.13. The topological polar surface area (TPSA) is 29.1 Å². The van der Waals surface area contributed by atoms with Gasteiger partial charge in [0.05, 0.1) is 0 Å². The molecule has 100 valence electrons. The number of carbonyl (C=O) groups is 1. The predicted molar refractivity (Wildman–Crippen MR) is 77.3 cm³/mol. The van der Waals surface area contributed by atoms with E-state index < -0.39 is 0 Å². The fourth-order valence-electron chi connectivity index (χ4n) is 1.82. The van der Waals surface area contributed by atoms with Gasteiger partial charge in [-0.1, -0.05) is 42.6 Å². The Bertz CT molecular complexity index is 407. The molecule has 4 heteroatoms. The van der Waals surface area contributed by atoms with Crippen molar-refractivity contribution in [1.82, 2.24) is 5.32 Å². The van der Waals surface area contributed by atoms with Crippen molar-refractivity contribution < 1.29 is 4.79 Å². The average Bonchev–Trinajstić information content (AvgIpc) is 2.28. The summed E-state index contributed by atoms with van der Waals surface area (Å²) in [5.74, 6) is 0.0713. The maximum Gasteiger partial charge on any atom is 0.220 e. The number of halogens is 2. The van der Waals surface area contributed by atoms with E-state index in [1.807, 2.05) is 13.0 Å². The van der Waals surface area contributed by atoms with Gasteiger partial charge in [-0.25, -0.2) is 0 Å². The summed E-state index contributed by atoms with van der Waals surface area (Å²) in [5.41, 5.74) is 0.958. The molecule has 0 aliphatic carbocycles. The van der Waals surface area contributed by atoms with Crippen molar-refractivity contribution in [2.24, 2.45) is 0 Å². The molecule has 1 atom stereocenters. The molecule has 18 heavy (non-hydrogen) atoms. The Hall–Kier alpha value is -0.730. The van der Waals surface area contributed by atoms with E-state index in [1.165, 1.54) is 0 Å². The average molecular weight is 288 g/mol. The Balaban J connectivity index is 2.42. The molecule has 0 unspecified atom stereocenters. The van der Waals surface area contributed by atoms with Crippen LogP contribution in [0.5, 0.6) is 0 Å². The van der Waals surface area contributed by atoms with E-state index in [2.05, 4.69) is 12.2 Å². The molecular formula is C14H19Cl2NO. The Morgan fingerprint density at radius 2 is 2.11 bits per heavy atom. The minimum absolute atomic E-state index is 0.0713. The minimum atomic E-state index is 0.0713. The molecule has 0 saturated carbocycles. The van der Waals surface area contributed by atoms with Crippen molar-refractivity contribution in [3.05, 3.63) is 33.8 Å². The summed E-state index contributed by atoms with van der Waals surface area (Å²) >= 11 is 11.9. The van der Waals surface area contributed by atoms with Crippen LogP contribution in [0.25, 0.3) is 0 Å². The van der Waals surface area contributed by atoms with E-state index >= 15 is 0 Å². The second-order valence-corrected chi connectivity index (χ2v) is 5.34. The standard InChI is InChI=1S/C14H19Cl2NO/c1-3-4-10(2)17-14(18)8-6-11-5-7-12(15)9-13(11)16/h5,7,9-10H,3-4,6,8H2,1-2H3,(H,17,18)/t10-/m1/s1. The van der Waals surface area contributed by atoms with E-state index in [0.717, 1.165) is 18.4 Å². The monoisotopic (exact) mass is 287 g/mol. The number of benzene rings is 1. The van der Waals surface area contributed by atoms with Crippen LogP contribution < -0.4 is 5.32 Å². The molecule has 1 aromatic rings. The highest BCUT2D eigenvalue weighted by atomic mass is 35.5. The van der Waals surface area contributed by atoms with Gasteiger partial charge < -0.3 is 5.32 Å². The van der Waals surface area contributed by atoms with Crippen molar-refractivity contribution in [2.45, 2.75) is 45.6 Å². The normalized spacial score (nSPS) is 12.2. The Morgan fingerprint density at radius 1 is 1.39 bits per heavy atom. The second kappa shape index (κ2) is 7.65. The molecule has 0 heterocycles. The number of amides is 1. The third-order valence-electron chi connectivity index (χ3n) is 2.77. The molecule has 2 nitrogen and oxygen atoms in total. The number of rotatable bonds is 6. The van der Waals surface area contributed by atoms with Crippen molar-refractivity contribution in [2.75, 3.05) is 0 Å². The first-order valence-electron chi connectivity index (χ1n) is 6.26. The lowest BCUT2D eigenvalue weighted by molar-refractivity contribution is -0.121. The van der Waals surface area contributed by atoms with Gasteiger partial charge in [0.25, 0.3) is 0 Å². The molecule has 0 saturated heterocycles. The number of hydrogen-bond donors (Lipinski definition) is 1. The van der Waals surface area contributed by atoms with E-state index in [-0.39, 0.29) is 11.9 Å². The summed E-state index contributed by atoms with van der Waals surface area (Å²) < 4.78 is 0. The predicted octanol–water partition coefficient (Wildman–Crippen LogP) is 4.23. The Kier molecular flexibility index (Phi) is 6.51. The molecule has 0 aromatic heterocycles. The number of nitrogens with one attached hydrogen (secondary N) is 1. The second-order valence-electron chi connectivity index (χ2n) is 4.49. The zero-order valence-electron chi connectivity index (χ0n) is 10.8. The van der Waals surface area contributed by atoms with Gasteiger partial charge in [-0.2, -0.15) is 0 Å². The smallest absolute Gasteiger partial charge is 0.220 e. The summed E-state index contributed by atoms with van der Waals surface area (Å²) in [6, 6.07) is 5.60. The molecule has 1 N–H and O–H groups in total. The summed E-state index contributed by atoms with van der Waals surface area (Å²) in [5, 5.41) is 4.21. The maximum absolute atomic E-state index is 11.7. The molecule has 0 radical (unpaired) electrons. The fourth-order valence-corrected chi connectivity index (χ4v) is 2.33. The highest BCUT2D eigenvalue weighted by Gasteiger charge is 2.08. The van der Waals surface area contributed by atoms with Gasteiger partial charge in [0.1, 0.15) is 0 Å². The van der Waals surface area contributed by atoms with E-state index in [0.29, 0.717) is 22.9 Å². The molecular weight excluding hydrogens is 269 g/mol. The fraction of sp³-hybridized carbons (Fsp3) is 0.500. The highest BCUT2D eigenvalue weighted by molar-refractivity contribution is 6.35. The lowest BCUT2D eigenvalue weighted by atomic mass is 10.1. The minimum Gasteiger partial charge on any atom is -0.354 e. The van der Waals surface area contributed by atoms with Crippen LogP contribution in [0, 0.1) is 0 Å². The number of aryl methyl sites for hydroxylation is 1. The number of hydrogen-bond acceptors (Lipinski definition) is 1. The third kappa shape index (κ3) is 5.28. The van der Waals surface area contributed by atoms with Crippen molar-refractivity contribution in [3.8, 4) is 0 Å². The van der Waals surface area contributed by atoms with E-state index in [9.17, 15) is 4.79 Å². The van der Waals surface area contributed by atoms with E-state index in [1.54, 1.807) is 12.1 Å². The Labute approximate surface area is 119 Å². The molecule has 1 aromatic carbocycles. The van der Waals surface area contributed by atoms with Gasteiger partial charge in [-0.15, -0.1) is 0 Å². The largest absolute Gasteiger partial charge is 0.354 e. The van der Waals surface area contributed by atoms with Gasteiger partial charge in [0.15, 0.2) is 0 Å². The van der Waals surface area contributed by atoms with Crippen molar-refractivity contribution in [3.63, 3.8) is 0 Å². The van der Waals surface area contributed by atoms with Crippen molar-refractivity contribution in [1.29, 1.82) is 0 Å². The highest BCUT2D eigenvalue weighted by Crippen LogP contribution is 2.21. The SMILES string of the molecule is CCC[C@@H](C)NC(=O)CCc1ccc(Cl)cc1Cl. The quantitative estimate of drug-likeness (QED) is 0.833. The first-order valence-corrected chi connectivity index (χ1v) is 7.01. The summed E-state index contributed by atoms with van der Waals surface area (Å²) in [4.78, 5) is 11.7. The van der Waals surface area contributed by atoms with Crippen LogP contribution in [0.3, 0.4) is 0 Å².